The van der Waals surface area contributed by atoms with Crippen molar-refractivity contribution in [2.75, 3.05) is 7.05 Å². The van der Waals surface area contributed by atoms with Crippen molar-refractivity contribution in [1.82, 2.24) is 5.32 Å². The Morgan fingerprint density at radius 2 is 2.15 bits per heavy atom. The number of likely N-dealkylation sites (N-methyl/N-ethyl adjacent to an activating group) is 1. The van der Waals surface area contributed by atoms with Crippen LogP contribution in [0.3, 0.4) is 0 Å². The van der Waals surface area contributed by atoms with Gasteiger partial charge in [-0.3, -0.25) is 0 Å². The van der Waals surface area contributed by atoms with E-state index < -0.39 is 0 Å². The molecule has 1 nitrogen and oxygen atoms in total. The Hall–Kier alpha value is -1.12. The first-order valence-corrected chi connectivity index (χ1v) is 8.52. The lowest BCUT2D eigenvalue weighted by molar-refractivity contribution is 0.429. The van der Waals surface area contributed by atoms with Gasteiger partial charge in [-0.1, -0.05) is 30.3 Å². The van der Waals surface area contributed by atoms with Crippen molar-refractivity contribution < 1.29 is 0 Å². The summed E-state index contributed by atoms with van der Waals surface area (Å²) >= 11 is 1.87. The van der Waals surface area contributed by atoms with Crippen LogP contribution in [0.1, 0.15) is 41.2 Å². The van der Waals surface area contributed by atoms with E-state index in [4.69, 9.17) is 0 Å². The summed E-state index contributed by atoms with van der Waals surface area (Å²) < 4.78 is 0. The minimum Gasteiger partial charge on any atom is -0.317 e. The van der Waals surface area contributed by atoms with E-state index in [2.05, 4.69) is 54.1 Å². The topological polar surface area (TPSA) is 12.0 Å². The van der Waals surface area contributed by atoms with Crippen LogP contribution >= 0.6 is 11.3 Å². The second-order valence-corrected chi connectivity index (χ2v) is 6.82. The molecule has 1 aromatic heterocycles. The number of fused-ring (bicyclic) bond motifs is 1. The first-order chi connectivity index (χ1) is 9.86. The molecule has 2 heteroatoms. The van der Waals surface area contributed by atoms with Crippen molar-refractivity contribution in [1.29, 1.82) is 0 Å². The lowest BCUT2D eigenvalue weighted by atomic mass is 9.79. The lowest BCUT2D eigenvalue weighted by Crippen LogP contribution is -2.30. The summed E-state index contributed by atoms with van der Waals surface area (Å²) in [4.78, 5) is 1.49. The van der Waals surface area contributed by atoms with E-state index in [0.717, 1.165) is 12.3 Å². The number of benzene rings is 1. The molecule has 1 N–H and O–H groups in total. The number of rotatable bonds is 5. The highest BCUT2D eigenvalue weighted by molar-refractivity contribution is 7.09. The Labute approximate surface area is 126 Å². The van der Waals surface area contributed by atoms with Crippen LogP contribution in [0.4, 0.5) is 0 Å². The molecule has 0 bridgehead atoms. The number of nitrogens with one attached hydrogen (secondary N) is 1. The molecule has 2 aromatic rings. The summed E-state index contributed by atoms with van der Waals surface area (Å²) in [5.74, 6) is 0.734. The lowest BCUT2D eigenvalue weighted by Gasteiger charge is -2.29. The number of hydrogen-bond donors (Lipinski definition) is 1. The van der Waals surface area contributed by atoms with Gasteiger partial charge in [-0.15, -0.1) is 11.3 Å². The molecule has 1 heterocycles. The second kappa shape index (κ2) is 6.55. The van der Waals surface area contributed by atoms with Gasteiger partial charge in [-0.05, 0) is 67.6 Å². The summed E-state index contributed by atoms with van der Waals surface area (Å²) in [6, 6.07) is 14.0. The van der Waals surface area contributed by atoms with Crippen LogP contribution in [0.15, 0.2) is 41.8 Å². The molecule has 0 amide bonds. The highest BCUT2D eigenvalue weighted by atomic mass is 32.1. The van der Waals surface area contributed by atoms with E-state index in [1.54, 1.807) is 11.1 Å². The van der Waals surface area contributed by atoms with Gasteiger partial charge in [0.25, 0.3) is 0 Å². The van der Waals surface area contributed by atoms with Crippen LogP contribution in [0.5, 0.6) is 0 Å². The van der Waals surface area contributed by atoms with E-state index in [0.29, 0.717) is 6.04 Å². The van der Waals surface area contributed by atoms with E-state index >= 15 is 0 Å². The maximum atomic E-state index is 3.53. The highest BCUT2D eigenvalue weighted by Crippen LogP contribution is 2.35. The van der Waals surface area contributed by atoms with Crippen LogP contribution in [0, 0.1) is 0 Å². The molecule has 0 fully saturated rings. The Balaban J connectivity index is 1.70. The minimum atomic E-state index is 0.588. The molecule has 2 atom stereocenters. The third-order valence-corrected chi connectivity index (χ3v) is 5.40. The molecule has 1 aliphatic carbocycles. The first-order valence-electron chi connectivity index (χ1n) is 7.64. The van der Waals surface area contributed by atoms with Gasteiger partial charge in [-0.25, -0.2) is 0 Å². The van der Waals surface area contributed by atoms with Crippen molar-refractivity contribution in [3.63, 3.8) is 0 Å². The van der Waals surface area contributed by atoms with Gasteiger partial charge in [0.2, 0.25) is 0 Å². The third-order valence-electron chi connectivity index (χ3n) is 4.50. The van der Waals surface area contributed by atoms with Crippen molar-refractivity contribution in [3.05, 3.63) is 57.8 Å². The average molecular weight is 285 g/mol. The molecule has 3 rings (SSSR count). The molecule has 0 aliphatic heterocycles. The summed E-state index contributed by atoms with van der Waals surface area (Å²) in [5.41, 5.74) is 3.18. The number of aryl methyl sites for hydroxylation is 1. The monoisotopic (exact) mass is 285 g/mol. The van der Waals surface area contributed by atoms with Gasteiger partial charge in [0.15, 0.2) is 0 Å². The molecule has 0 spiro atoms. The molecule has 0 radical (unpaired) electrons. The molecular weight excluding hydrogens is 262 g/mol. The fourth-order valence-corrected chi connectivity index (χ4v) is 4.20. The molecule has 1 aromatic carbocycles. The Morgan fingerprint density at radius 3 is 2.95 bits per heavy atom. The highest BCUT2D eigenvalue weighted by Gasteiger charge is 2.22. The number of thiophene rings is 1. The van der Waals surface area contributed by atoms with Crippen molar-refractivity contribution in [2.24, 2.45) is 0 Å². The quantitative estimate of drug-likeness (QED) is 0.859. The van der Waals surface area contributed by atoms with Gasteiger partial charge >= 0.3 is 0 Å². The molecule has 2 unspecified atom stereocenters. The zero-order valence-electron chi connectivity index (χ0n) is 12.1. The standard InChI is InChI=1S/C18H23NS/c1-19-16(13-17-9-5-11-20-17)12-15-8-4-7-14-6-2-3-10-18(14)15/h2-3,5-6,9-11,15-16,19H,4,7-8,12-13H2,1H3. The van der Waals surface area contributed by atoms with Crippen molar-refractivity contribution in [3.8, 4) is 0 Å². The van der Waals surface area contributed by atoms with Gasteiger partial charge in [-0.2, -0.15) is 0 Å². The molecule has 1 aliphatic rings. The summed E-state index contributed by atoms with van der Waals surface area (Å²) in [5, 5.41) is 5.70. The fourth-order valence-electron chi connectivity index (χ4n) is 3.42. The van der Waals surface area contributed by atoms with Crippen LogP contribution in [-0.2, 0) is 12.8 Å². The zero-order valence-corrected chi connectivity index (χ0v) is 13.0. The maximum Gasteiger partial charge on any atom is 0.0118 e. The van der Waals surface area contributed by atoms with Gasteiger partial charge < -0.3 is 5.32 Å². The Bertz CT molecular complexity index is 532. The van der Waals surface area contributed by atoms with Crippen LogP contribution in [-0.4, -0.2) is 13.1 Å². The predicted molar refractivity (Wildman–Crippen MR) is 87.6 cm³/mol. The molecule has 20 heavy (non-hydrogen) atoms. The second-order valence-electron chi connectivity index (χ2n) is 5.79. The van der Waals surface area contributed by atoms with Crippen LogP contribution in [0.2, 0.25) is 0 Å². The van der Waals surface area contributed by atoms with E-state index in [-0.39, 0.29) is 0 Å². The third kappa shape index (κ3) is 3.13. The van der Waals surface area contributed by atoms with Gasteiger partial charge in [0.05, 0.1) is 0 Å². The maximum absolute atomic E-state index is 3.53. The molecular formula is C18H23NS. The normalized spacial score (nSPS) is 19.6. The smallest absolute Gasteiger partial charge is 0.0118 e. The molecule has 0 saturated carbocycles. The Morgan fingerprint density at radius 1 is 1.25 bits per heavy atom. The van der Waals surface area contributed by atoms with E-state index in [1.807, 2.05) is 11.3 Å². The predicted octanol–water partition coefficient (Wildman–Crippen LogP) is 4.39. The SMILES string of the molecule is CNC(Cc1cccs1)CC1CCCc2ccccc21. The first kappa shape index (κ1) is 13.8. The summed E-state index contributed by atoms with van der Waals surface area (Å²) in [7, 11) is 2.10. The minimum absolute atomic E-state index is 0.588. The van der Waals surface area contributed by atoms with E-state index in [9.17, 15) is 0 Å². The van der Waals surface area contributed by atoms with Gasteiger partial charge in [0.1, 0.15) is 0 Å². The largest absolute Gasteiger partial charge is 0.317 e. The van der Waals surface area contributed by atoms with Crippen molar-refractivity contribution in [2.45, 2.75) is 44.1 Å². The van der Waals surface area contributed by atoms with Gasteiger partial charge in [0, 0.05) is 10.9 Å². The van der Waals surface area contributed by atoms with E-state index in [1.165, 1.54) is 30.6 Å². The fraction of sp³-hybridized carbons (Fsp3) is 0.444. The van der Waals surface area contributed by atoms with Crippen LogP contribution < -0.4 is 5.32 Å². The number of hydrogen-bond acceptors (Lipinski definition) is 2. The average Bonchev–Trinajstić information content (AvgIpc) is 3.00. The molecule has 106 valence electrons. The zero-order chi connectivity index (χ0) is 13.8. The summed E-state index contributed by atoms with van der Waals surface area (Å²) in [6.07, 6.45) is 6.37. The summed E-state index contributed by atoms with van der Waals surface area (Å²) in [6.45, 7) is 0. The van der Waals surface area contributed by atoms with Crippen LogP contribution in [0.25, 0.3) is 0 Å². The molecule has 0 saturated heterocycles. The Kier molecular flexibility index (Phi) is 4.54. The van der Waals surface area contributed by atoms with Crippen molar-refractivity contribution >= 4 is 11.3 Å².